The van der Waals surface area contributed by atoms with E-state index in [-0.39, 0.29) is 5.92 Å². The van der Waals surface area contributed by atoms with Crippen molar-refractivity contribution in [1.29, 1.82) is 0 Å². The highest BCUT2D eigenvalue weighted by Crippen LogP contribution is 2.49. The highest BCUT2D eigenvalue weighted by Gasteiger charge is 2.36. The van der Waals surface area contributed by atoms with Crippen molar-refractivity contribution in [2.75, 3.05) is 0 Å². The summed E-state index contributed by atoms with van der Waals surface area (Å²) in [5.74, 6) is 0.159. The first-order valence-electron chi connectivity index (χ1n) is 8.63. The predicted molar refractivity (Wildman–Crippen MR) is 97.0 cm³/mol. The monoisotopic (exact) mass is 350 g/mol. The molecule has 5 rings (SSSR count). The summed E-state index contributed by atoms with van der Waals surface area (Å²) >= 11 is 1.71. The van der Waals surface area contributed by atoms with Crippen LogP contribution in [0.5, 0.6) is 0 Å². The Kier molecular flexibility index (Phi) is 3.40. The van der Waals surface area contributed by atoms with Gasteiger partial charge in [-0.15, -0.1) is 11.3 Å². The van der Waals surface area contributed by atoms with Crippen molar-refractivity contribution in [1.82, 2.24) is 9.38 Å². The number of aliphatic hydroxyl groups excluding tert-OH is 1. The molecule has 2 aliphatic rings. The Bertz CT molecular complexity index is 996. The van der Waals surface area contributed by atoms with Gasteiger partial charge in [0.25, 0.3) is 0 Å². The number of allylic oxidation sites excluding steroid dienone is 1. The summed E-state index contributed by atoms with van der Waals surface area (Å²) < 4.78 is 1.99. The van der Waals surface area contributed by atoms with E-state index in [0.29, 0.717) is 5.92 Å². The van der Waals surface area contributed by atoms with Crippen LogP contribution in [0.4, 0.5) is 0 Å². The van der Waals surface area contributed by atoms with E-state index in [4.69, 9.17) is 0 Å². The van der Waals surface area contributed by atoms with Gasteiger partial charge in [0.1, 0.15) is 23.5 Å². The second-order valence-corrected chi connectivity index (χ2v) is 7.91. The Morgan fingerprint density at radius 2 is 2.16 bits per heavy atom. The average molecular weight is 350 g/mol. The van der Waals surface area contributed by atoms with Crippen molar-refractivity contribution < 1.29 is 9.90 Å². The van der Waals surface area contributed by atoms with E-state index >= 15 is 0 Å². The van der Waals surface area contributed by atoms with Crippen molar-refractivity contribution in [2.24, 2.45) is 0 Å². The molecule has 2 heterocycles. The lowest BCUT2D eigenvalue weighted by Gasteiger charge is -2.27. The van der Waals surface area contributed by atoms with Gasteiger partial charge >= 0.3 is 0 Å². The van der Waals surface area contributed by atoms with E-state index in [9.17, 15) is 9.90 Å². The molecule has 2 unspecified atom stereocenters. The Morgan fingerprint density at radius 1 is 1.32 bits per heavy atom. The minimum absolute atomic E-state index is 0.384. The predicted octanol–water partition coefficient (Wildman–Crippen LogP) is 3.77. The molecule has 25 heavy (non-hydrogen) atoms. The highest BCUT2D eigenvalue weighted by molar-refractivity contribution is 7.17. The number of aromatic nitrogens is 2. The summed E-state index contributed by atoms with van der Waals surface area (Å²) in [5.41, 5.74) is 3.87. The van der Waals surface area contributed by atoms with Gasteiger partial charge in [-0.05, 0) is 41.9 Å². The molecule has 4 nitrogen and oxygen atoms in total. The van der Waals surface area contributed by atoms with Gasteiger partial charge in [0.15, 0.2) is 0 Å². The summed E-state index contributed by atoms with van der Waals surface area (Å²) in [7, 11) is 0. The minimum atomic E-state index is -0.776. The van der Waals surface area contributed by atoms with Gasteiger partial charge in [-0.3, -0.25) is 4.40 Å². The van der Waals surface area contributed by atoms with Crippen LogP contribution in [0.1, 0.15) is 52.5 Å². The lowest BCUT2D eigenvalue weighted by atomic mass is 9.79. The molecule has 1 fully saturated rings. The van der Waals surface area contributed by atoms with Crippen LogP contribution in [0, 0.1) is 0 Å². The SMILES string of the molecule is O=CC1C(C(O)c2c(C3CC3)sc3cncn23)=CCc2ccccc21. The highest BCUT2D eigenvalue weighted by atomic mass is 32.1. The van der Waals surface area contributed by atoms with Crippen LogP contribution in [0.3, 0.4) is 0 Å². The maximum absolute atomic E-state index is 11.9. The van der Waals surface area contributed by atoms with Gasteiger partial charge in [-0.25, -0.2) is 4.98 Å². The summed E-state index contributed by atoms with van der Waals surface area (Å²) in [6.07, 6.45) is 8.93. The van der Waals surface area contributed by atoms with Crippen LogP contribution < -0.4 is 0 Å². The van der Waals surface area contributed by atoms with Crippen LogP contribution in [-0.4, -0.2) is 20.8 Å². The van der Waals surface area contributed by atoms with Crippen LogP contribution in [-0.2, 0) is 11.2 Å². The molecule has 0 bridgehead atoms. The number of hydrogen-bond donors (Lipinski definition) is 1. The number of rotatable bonds is 4. The number of fused-ring (bicyclic) bond motifs is 2. The number of benzene rings is 1. The number of carbonyl (C=O) groups excluding carboxylic acids is 1. The van der Waals surface area contributed by atoms with Gasteiger partial charge in [0.05, 0.1) is 17.8 Å². The van der Waals surface area contributed by atoms with Gasteiger partial charge < -0.3 is 9.90 Å². The second-order valence-electron chi connectivity index (χ2n) is 6.85. The van der Waals surface area contributed by atoms with Crippen molar-refractivity contribution in [2.45, 2.75) is 37.2 Å². The molecule has 1 aromatic carbocycles. The van der Waals surface area contributed by atoms with E-state index < -0.39 is 6.10 Å². The third-order valence-corrected chi connectivity index (χ3v) is 6.57. The molecule has 1 N–H and O–H groups in total. The van der Waals surface area contributed by atoms with Crippen LogP contribution in [0.2, 0.25) is 0 Å². The first-order chi connectivity index (χ1) is 12.3. The third kappa shape index (κ3) is 2.30. The molecule has 126 valence electrons. The van der Waals surface area contributed by atoms with Crippen LogP contribution >= 0.6 is 11.3 Å². The van der Waals surface area contributed by atoms with Gasteiger partial charge in [-0.2, -0.15) is 0 Å². The topological polar surface area (TPSA) is 54.6 Å². The molecule has 0 aliphatic heterocycles. The Labute approximate surface area is 149 Å². The Morgan fingerprint density at radius 3 is 2.96 bits per heavy atom. The molecule has 0 radical (unpaired) electrons. The van der Waals surface area contributed by atoms with Gasteiger partial charge in [0.2, 0.25) is 0 Å². The van der Waals surface area contributed by atoms with E-state index in [2.05, 4.69) is 11.1 Å². The maximum Gasteiger partial charge on any atom is 0.131 e. The lowest BCUT2D eigenvalue weighted by molar-refractivity contribution is -0.108. The van der Waals surface area contributed by atoms with Gasteiger partial charge in [-0.1, -0.05) is 30.3 Å². The minimum Gasteiger partial charge on any atom is -0.382 e. The van der Waals surface area contributed by atoms with E-state index in [1.165, 1.54) is 17.7 Å². The van der Waals surface area contributed by atoms with Crippen molar-refractivity contribution in [3.8, 4) is 0 Å². The molecule has 5 heteroatoms. The number of carbonyl (C=O) groups is 1. The molecule has 0 saturated heterocycles. The molecular weight excluding hydrogens is 332 g/mol. The van der Waals surface area contributed by atoms with Crippen molar-refractivity contribution >= 4 is 22.5 Å². The number of aldehydes is 1. The number of hydrogen-bond acceptors (Lipinski definition) is 4. The smallest absolute Gasteiger partial charge is 0.131 e. The van der Waals surface area contributed by atoms with E-state index in [1.54, 1.807) is 17.7 Å². The molecule has 2 aromatic heterocycles. The van der Waals surface area contributed by atoms with Crippen molar-refractivity contribution in [3.05, 3.63) is 70.1 Å². The Balaban J connectivity index is 1.62. The summed E-state index contributed by atoms with van der Waals surface area (Å²) in [4.78, 5) is 18.4. The number of nitrogens with zero attached hydrogens (tertiary/aromatic N) is 2. The Hall–Kier alpha value is -2.24. The van der Waals surface area contributed by atoms with Crippen molar-refractivity contribution in [3.63, 3.8) is 0 Å². The first-order valence-corrected chi connectivity index (χ1v) is 9.45. The zero-order chi connectivity index (χ0) is 17.0. The lowest BCUT2D eigenvalue weighted by Crippen LogP contribution is -2.19. The maximum atomic E-state index is 11.9. The van der Waals surface area contributed by atoms with Crippen LogP contribution in [0.15, 0.2) is 48.4 Å². The summed E-state index contributed by atoms with van der Waals surface area (Å²) in [6.45, 7) is 0. The van der Waals surface area contributed by atoms with E-state index in [0.717, 1.165) is 39.9 Å². The molecule has 1 saturated carbocycles. The molecule has 2 atom stereocenters. The molecule has 0 amide bonds. The normalized spacial score (nSPS) is 21.0. The summed E-state index contributed by atoms with van der Waals surface area (Å²) in [5, 5.41) is 11.3. The number of aliphatic hydroxyl groups is 1. The fraction of sp³-hybridized carbons (Fsp3) is 0.300. The van der Waals surface area contributed by atoms with Gasteiger partial charge in [0, 0.05) is 4.88 Å². The molecular formula is C20H18N2O2S. The first kappa shape index (κ1) is 15.0. The number of imidazole rings is 1. The molecule has 2 aliphatic carbocycles. The fourth-order valence-corrected chi connectivity index (χ4v) is 5.18. The third-order valence-electron chi connectivity index (χ3n) is 5.30. The largest absolute Gasteiger partial charge is 0.382 e. The zero-order valence-electron chi connectivity index (χ0n) is 13.6. The molecule has 3 aromatic rings. The number of thiazole rings is 1. The van der Waals surface area contributed by atoms with Crippen LogP contribution in [0.25, 0.3) is 4.83 Å². The zero-order valence-corrected chi connectivity index (χ0v) is 14.4. The summed E-state index contributed by atoms with van der Waals surface area (Å²) in [6, 6.07) is 8.00. The quantitative estimate of drug-likeness (QED) is 0.576. The average Bonchev–Trinajstić information content (AvgIpc) is 3.28. The standard InChI is InChI=1S/C20H18N2O2S/c23-10-16-14-4-2-1-3-12(14)7-8-15(16)19(24)18-20(13-5-6-13)25-17-9-21-11-22(17)18/h1-4,8-11,13,16,19,24H,5-7H2. The second kappa shape index (κ2) is 5.64. The van der Waals surface area contributed by atoms with E-state index in [1.807, 2.05) is 34.9 Å². The molecule has 0 spiro atoms. The fourth-order valence-electron chi connectivity index (χ4n) is 3.88.